The lowest BCUT2D eigenvalue weighted by atomic mass is 10.0. The molecule has 0 fully saturated rings. The van der Waals surface area contributed by atoms with E-state index in [1.165, 1.54) is 0 Å². The summed E-state index contributed by atoms with van der Waals surface area (Å²) >= 11 is 0. The Morgan fingerprint density at radius 3 is 2.29 bits per heavy atom. The molecule has 0 spiro atoms. The van der Waals surface area contributed by atoms with Crippen LogP contribution >= 0.6 is 0 Å². The Balaban J connectivity index is 2.51. The average Bonchev–Trinajstić information content (AvgIpc) is 2.41. The lowest BCUT2D eigenvalue weighted by Crippen LogP contribution is -2.09. The van der Waals surface area contributed by atoms with Crippen LogP contribution in [0.25, 0.3) is 0 Å². The molecule has 0 aromatic heterocycles. The van der Waals surface area contributed by atoms with Crippen LogP contribution in [0.3, 0.4) is 0 Å². The molecule has 3 N–H and O–H groups in total. The van der Waals surface area contributed by atoms with Gasteiger partial charge < -0.3 is 11.2 Å². The topological polar surface area (TPSA) is 50.4 Å². The monoisotopic (exact) mass is 225 g/mol. The van der Waals surface area contributed by atoms with Crippen molar-refractivity contribution in [3.63, 3.8) is 0 Å². The number of benzene rings is 2. The van der Waals surface area contributed by atoms with Crippen molar-refractivity contribution < 1.29 is 0 Å². The van der Waals surface area contributed by atoms with E-state index < -0.39 is 0 Å². The van der Waals surface area contributed by atoms with Gasteiger partial charge in [0, 0.05) is 23.9 Å². The van der Waals surface area contributed by atoms with Gasteiger partial charge in [-0.1, -0.05) is 48.5 Å². The van der Waals surface area contributed by atoms with Crippen LogP contribution in [-0.2, 0) is 0 Å². The summed E-state index contributed by atoms with van der Waals surface area (Å²) in [6.07, 6.45) is 0. The Bertz CT molecular complexity index is 518. The van der Waals surface area contributed by atoms with E-state index >= 15 is 0 Å². The Kier molecular flexibility index (Phi) is 3.40. The van der Waals surface area contributed by atoms with Crippen LogP contribution in [0.1, 0.15) is 11.1 Å². The third-order valence-corrected chi connectivity index (χ3v) is 2.63. The van der Waals surface area contributed by atoms with Gasteiger partial charge in [0.1, 0.15) is 0 Å². The zero-order chi connectivity index (χ0) is 12.1. The minimum atomic E-state index is 0.788. The molecule has 2 aromatic rings. The van der Waals surface area contributed by atoms with E-state index in [-0.39, 0.29) is 0 Å². The minimum Gasteiger partial charge on any atom is -0.388 e. The fourth-order valence-electron chi connectivity index (χ4n) is 1.80. The molecule has 17 heavy (non-hydrogen) atoms. The van der Waals surface area contributed by atoms with E-state index in [4.69, 9.17) is 5.84 Å². The van der Waals surface area contributed by atoms with E-state index in [0.717, 1.165) is 22.5 Å². The highest BCUT2D eigenvalue weighted by atomic mass is 15.1. The van der Waals surface area contributed by atoms with Crippen LogP contribution in [0.2, 0.25) is 0 Å². The van der Waals surface area contributed by atoms with Crippen molar-refractivity contribution in [1.29, 1.82) is 0 Å². The van der Waals surface area contributed by atoms with E-state index in [1.54, 1.807) is 0 Å². The SMILES string of the molecule is CNc1ccccc1C(=NN)c1ccccc1. The van der Waals surface area contributed by atoms with Crippen LogP contribution in [0.15, 0.2) is 59.7 Å². The standard InChI is InChI=1S/C14H15N3/c1-16-13-10-6-5-9-12(13)14(17-15)11-7-3-2-4-8-11/h2-10,16H,15H2,1H3. The number of anilines is 1. The van der Waals surface area contributed by atoms with Crippen LogP contribution in [0.5, 0.6) is 0 Å². The Morgan fingerprint density at radius 2 is 1.65 bits per heavy atom. The van der Waals surface area contributed by atoms with E-state index in [9.17, 15) is 0 Å². The largest absolute Gasteiger partial charge is 0.388 e. The summed E-state index contributed by atoms with van der Waals surface area (Å²) in [6, 6.07) is 17.9. The highest BCUT2D eigenvalue weighted by Crippen LogP contribution is 2.19. The maximum absolute atomic E-state index is 5.52. The van der Waals surface area contributed by atoms with Crippen molar-refractivity contribution in [2.24, 2.45) is 10.9 Å². The highest BCUT2D eigenvalue weighted by Gasteiger charge is 2.09. The molecule has 0 heterocycles. The first-order valence-electron chi connectivity index (χ1n) is 5.47. The number of nitrogens with zero attached hydrogens (tertiary/aromatic N) is 1. The number of hydrogen-bond acceptors (Lipinski definition) is 3. The molecule has 0 unspecified atom stereocenters. The van der Waals surface area contributed by atoms with Crippen molar-refractivity contribution >= 4 is 11.4 Å². The predicted molar refractivity (Wildman–Crippen MR) is 72.3 cm³/mol. The Hall–Kier alpha value is -2.29. The highest BCUT2D eigenvalue weighted by molar-refractivity contribution is 6.15. The maximum atomic E-state index is 5.52. The molecule has 0 aliphatic heterocycles. The van der Waals surface area contributed by atoms with Crippen LogP contribution < -0.4 is 11.2 Å². The van der Waals surface area contributed by atoms with Gasteiger partial charge >= 0.3 is 0 Å². The number of hydrogen-bond donors (Lipinski definition) is 2. The molecule has 2 aromatic carbocycles. The third kappa shape index (κ3) is 2.28. The van der Waals surface area contributed by atoms with Gasteiger partial charge in [-0.25, -0.2) is 0 Å². The van der Waals surface area contributed by atoms with Gasteiger partial charge in [-0.2, -0.15) is 5.10 Å². The van der Waals surface area contributed by atoms with Gasteiger partial charge in [-0.05, 0) is 6.07 Å². The van der Waals surface area contributed by atoms with Crippen LogP contribution in [-0.4, -0.2) is 12.8 Å². The van der Waals surface area contributed by atoms with Crippen LogP contribution in [0.4, 0.5) is 5.69 Å². The van der Waals surface area contributed by atoms with Crippen molar-refractivity contribution in [3.05, 3.63) is 65.7 Å². The Morgan fingerprint density at radius 1 is 1.00 bits per heavy atom. The zero-order valence-electron chi connectivity index (χ0n) is 9.72. The number of hydrazone groups is 1. The lowest BCUT2D eigenvalue weighted by Gasteiger charge is -2.10. The second-order valence-electron chi connectivity index (χ2n) is 3.64. The first-order chi connectivity index (χ1) is 8.36. The normalized spacial score (nSPS) is 11.2. The molecule has 86 valence electrons. The van der Waals surface area contributed by atoms with Crippen LogP contribution in [0, 0.1) is 0 Å². The lowest BCUT2D eigenvalue weighted by molar-refractivity contribution is 1.24. The molecule has 3 nitrogen and oxygen atoms in total. The number of rotatable bonds is 3. The molecule has 3 heteroatoms. The zero-order valence-corrected chi connectivity index (χ0v) is 9.72. The van der Waals surface area contributed by atoms with E-state index in [0.29, 0.717) is 0 Å². The predicted octanol–water partition coefficient (Wildman–Crippen LogP) is 2.44. The average molecular weight is 225 g/mol. The Labute approximate surface area is 101 Å². The molecule has 0 saturated carbocycles. The van der Waals surface area contributed by atoms with Gasteiger partial charge in [-0.15, -0.1) is 0 Å². The third-order valence-electron chi connectivity index (χ3n) is 2.63. The first kappa shape index (κ1) is 11.2. The van der Waals surface area contributed by atoms with Gasteiger partial charge in [0.2, 0.25) is 0 Å². The molecular formula is C14H15N3. The van der Waals surface area contributed by atoms with Gasteiger partial charge in [0.25, 0.3) is 0 Å². The summed E-state index contributed by atoms with van der Waals surface area (Å²) in [4.78, 5) is 0. The minimum absolute atomic E-state index is 0.788. The summed E-state index contributed by atoms with van der Waals surface area (Å²) in [7, 11) is 1.89. The molecule has 0 atom stereocenters. The second kappa shape index (κ2) is 5.16. The molecule has 2 rings (SSSR count). The summed E-state index contributed by atoms with van der Waals surface area (Å²) in [6.45, 7) is 0. The molecule has 0 aliphatic rings. The van der Waals surface area contributed by atoms with E-state index in [2.05, 4.69) is 10.4 Å². The molecule has 0 amide bonds. The van der Waals surface area contributed by atoms with Crippen molar-refractivity contribution in [2.45, 2.75) is 0 Å². The number of nitrogens with one attached hydrogen (secondary N) is 1. The number of nitrogens with two attached hydrogens (primary N) is 1. The van der Waals surface area contributed by atoms with Crippen molar-refractivity contribution in [1.82, 2.24) is 0 Å². The molecule has 0 saturated heterocycles. The van der Waals surface area contributed by atoms with E-state index in [1.807, 2.05) is 61.6 Å². The second-order valence-corrected chi connectivity index (χ2v) is 3.64. The molecular weight excluding hydrogens is 210 g/mol. The maximum Gasteiger partial charge on any atom is 0.0992 e. The van der Waals surface area contributed by atoms with Crippen molar-refractivity contribution in [3.8, 4) is 0 Å². The van der Waals surface area contributed by atoms with Gasteiger partial charge in [0.05, 0.1) is 5.71 Å². The number of para-hydroxylation sites is 1. The van der Waals surface area contributed by atoms with Crippen molar-refractivity contribution in [2.75, 3.05) is 12.4 Å². The smallest absolute Gasteiger partial charge is 0.0992 e. The summed E-state index contributed by atoms with van der Waals surface area (Å²) in [5.41, 5.74) is 3.82. The summed E-state index contributed by atoms with van der Waals surface area (Å²) in [5, 5.41) is 7.06. The van der Waals surface area contributed by atoms with Gasteiger partial charge in [-0.3, -0.25) is 0 Å². The van der Waals surface area contributed by atoms with Gasteiger partial charge in [0.15, 0.2) is 0 Å². The first-order valence-corrected chi connectivity index (χ1v) is 5.47. The molecule has 0 bridgehead atoms. The quantitative estimate of drug-likeness (QED) is 0.479. The fraction of sp³-hybridized carbons (Fsp3) is 0.0714. The fourth-order valence-corrected chi connectivity index (χ4v) is 1.80. The summed E-state index contributed by atoms with van der Waals surface area (Å²) in [5.74, 6) is 5.52. The molecule has 0 aliphatic carbocycles. The summed E-state index contributed by atoms with van der Waals surface area (Å²) < 4.78 is 0. The molecule has 0 radical (unpaired) electrons.